The lowest BCUT2D eigenvalue weighted by Gasteiger charge is -2.32. The quantitative estimate of drug-likeness (QED) is 0.159. The van der Waals surface area contributed by atoms with Gasteiger partial charge >= 0.3 is 0 Å². The van der Waals surface area contributed by atoms with Crippen molar-refractivity contribution in [1.82, 2.24) is 15.3 Å². The minimum absolute atomic E-state index is 0.000954. The molecular weight excluding hydrogens is 592 g/mol. The molecule has 1 amide bonds. The predicted octanol–water partition coefficient (Wildman–Crippen LogP) is 5.83. The number of aliphatic hydroxyl groups excluding tert-OH is 1. The molecule has 10 nitrogen and oxygen atoms in total. The summed E-state index contributed by atoms with van der Waals surface area (Å²) in [6.07, 6.45) is 4.72. The second-order valence-corrected chi connectivity index (χ2v) is 12.3. The molecule has 5 rings (SSSR count). The number of amides is 1. The number of nitrogens with zero attached hydrogens (tertiary/aromatic N) is 3. The van der Waals surface area contributed by atoms with Gasteiger partial charge in [-0.1, -0.05) is 58.0 Å². The third kappa shape index (κ3) is 8.71. The molecule has 3 heterocycles. The maximum Gasteiger partial charge on any atom is 0.271 e. The number of anilines is 3. The largest absolute Gasteiger partial charge is 0.392 e. The monoisotopic (exact) mass is 636 g/mol. The van der Waals surface area contributed by atoms with E-state index in [4.69, 9.17) is 10.00 Å². The summed E-state index contributed by atoms with van der Waals surface area (Å²) in [7, 11) is 1.67. The molecule has 246 valence electrons. The Labute approximate surface area is 276 Å². The van der Waals surface area contributed by atoms with Crippen molar-refractivity contribution in [3.05, 3.63) is 105 Å². The molecule has 0 bridgehead atoms. The molecule has 0 aliphatic carbocycles. The van der Waals surface area contributed by atoms with E-state index in [1.165, 1.54) is 5.56 Å². The zero-order valence-electron chi connectivity index (χ0n) is 27.8. The summed E-state index contributed by atoms with van der Waals surface area (Å²) in [5.74, 6) is 0.451. The average Bonchev–Trinajstić information content (AvgIpc) is 3.08. The third-order valence-corrected chi connectivity index (χ3v) is 7.92. The summed E-state index contributed by atoms with van der Waals surface area (Å²) in [5, 5.41) is 24.5. The number of aromatic amines is 1. The number of methoxy groups -OCH3 is 1. The second-order valence-electron chi connectivity index (χ2n) is 12.3. The molecule has 1 aliphatic rings. The highest BCUT2D eigenvalue weighted by molar-refractivity contribution is 6.09. The lowest BCUT2D eigenvalue weighted by Crippen LogP contribution is -2.38. The summed E-state index contributed by atoms with van der Waals surface area (Å²) in [5.41, 5.74) is 6.69. The fourth-order valence-electron chi connectivity index (χ4n) is 5.33. The summed E-state index contributed by atoms with van der Waals surface area (Å²) in [6.45, 7) is 10.6. The van der Waals surface area contributed by atoms with Crippen molar-refractivity contribution in [3.8, 4) is 17.2 Å². The van der Waals surface area contributed by atoms with Crippen molar-refractivity contribution in [2.24, 2.45) is 0 Å². The molecule has 0 saturated carbocycles. The molecule has 0 spiro atoms. The lowest BCUT2D eigenvalue weighted by atomic mass is 9.84. The molecule has 4 aromatic rings. The van der Waals surface area contributed by atoms with Gasteiger partial charge in [-0.05, 0) is 58.4 Å². The van der Waals surface area contributed by atoms with Crippen molar-refractivity contribution >= 4 is 23.1 Å². The number of carbonyl (C=O) groups excluding carboxylic acids is 1. The van der Waals surface area contributed by atoms with Crippen LogP contribution in [0, 0.1) is 11.3 Å². The summed E-state index contributed by atoms with van der Waals surface area (Å²) < 4.78 is 5.05. The first-order chi connectivity index (χ1) is 22.6. The highest BCUT2D eigenvalue weighted by Gasteiger charge is 2.29. The molecule has 47 heavy (non-hydrogen) atoms. The van der Waals surface area contributed by atoms with Gasteiger partial charge in [-0.25, -0.2) is 4.98 Å². The van der Waals surface area contributed by atoms with Crippen molar-refractivity contribution in [2.75, 3.05) is 37.0 Å². The van der Waals surface area contributed by atoms with Gasteiger partial charge in [0.15, 0.2) is 0 Å². The number of H-pyrrole nitrogens is 1. The molecule has 0 fully saturated rings. The van der Waals surface area contributed by atoms with E-state index in [1.807, 2.05) is 55.5 Å². The number of carbonyl (C=O) groups is 1. The molecular formula is C37H44N6O4. The van der Waals surface area contributed by atoms with E-state index in [2.05, 4.69) is 47.4 Å². The Bertz CT molecular complexity index is 1770. The Morgan fingerprint density at radius 1 is 1.11 bits per heavy atom. The smallest absolute Gasteiger partial charge is 0.271 e. The minimum Gasteiger partial charge on any atom is -0.392 e. The first-order valence-corrected chi connectivity index (χ1v) is 15.8. The van der Waals surface area contributed by atoms with E-state index in [1.54, 1.807) is 30.5 Å². The van der Waals surface area contributed by atoms with Crippen LogP contribution in [0.4, 0.5) is 17.2 Å². The van der Waals surface area contributed by atoms with E-state index < -0.39 is 0 Å². The van der Waals surface area contributed by atoms with Gasteiger partial charge in [0.05, 0.1) is 25.0 Å². The molecule has 2 aromatic heterocycles. The average molecular weight is 637 g/mol. The Hall–Kier alpha value is -4.82. The predicted molar refractivity (Wildman–Crippen MR) is 186 cm³/mol. The van der Waals surface area contributed by atoms with Crippen LogP contribution in [0.1, 0.15) is 66.7 Å². The first-order valence-electron chi connectivity index (χ1n) is 15.8. The molecule has 0 radical (unpaired) electrons. The Morgan fingerprint density at radius 3 is 2.55 bits per heavy atom. The zero-order valence-corrected chi connectivity index (χ0v) is 27.8. The van der Waals surface area contributed by atoms with E-state index in [9.17, 15) is 14.7 Å². The Kier molecular flexibility index (Phi) is 12.0. The summed E-state index contributed by atoms with van der Waals surface area (Å²) in [6, 6.07) is 19.1. The summed E-state index contributed by atoms with van der Waals surface area (Å²) >= 11 is 0. The van der Waals surface area contributed by atoms with Gasteiger partial charge in [0, 0.05) is 62.2 Å². The molecule has 0 unspecified atom stereocenters. The van der Waals surface area contributed by atoms with Crippen molar-refractivity contribution < 1.29 is 14.6 Å². The number of hydrogen-bond donors (Lipinski definition) is 4. The van der Waals surface area contributed by atoms with Crippen molar-refractivity contribution in [2.45, 2.75) is 59.1 Å². The van der Waals surface area contributed by atoms with Crippen LogP contribution in [0.3, 0.4) is 0 Å². The fraction of sp³-hybridized carbons (Fsp3) is 0.351. The van der Waals surface area contributed by atoms with Crippen molar-refractivity contribution in [1.29, 1.82) is 5.26 Å². The highest BCUT2D eigenvalue weighted by atomic mass is 16.5. The molecule has 0 saturated heterocycles. The van der Waals surface area contributed by atoms with Crippen LogP contribution in [0.25, 0.3) is 11.1 Å². The number of ether oxygens (including phenoxy) is 1. The lowest BCUT2D eigenvalue weighted by molar-refractivity contribution is 0.0980. The number of nitrogens with one attached hydrogen (secondary N) is 3. The number of aromatic nitrogens is 2. The second kappa shape index (κ2) is 16.1. The fourth-order valence-corrected chi connectivity index (χ4v) is 5.33. The summed E-state index contributed by atoms with van der Waals surface area (Å²) in [4.78, 5) is 35.4. The van der Waals surface area contributed by atoms with Crippen LogP contribution < -0.4 is 21.1 Å². The first kappa shape index (κ1) is 35.0. The van der Waals surface area contributed by atoms with Gasteiger partial charge in [0.25, 0.3) is 11.5 Å². The van der Waals surface area contributed by atoms with Crippen LogP contribution in [-0.4, -0.2) is 47.8 Å². The van der Waals surface area contributed by atoms with Crippen molar-refractivity contribution in [3.63, 3.8) is 0 Å². The SMILES string of the molecule is CCC#N.COCCNCc1ccc(Nc2cc(-c3cccc(N4CCc5cc(C(C)(C)C)ccc5C4=O)c3CO)c[nH]c2=O)nc1. The minimum atomic E-state index is -0.296. The maximum atomic E-state index is 13.7. The van der Waals surface area contributed by atoms with Crippen LogP contribution in [0.15, 0.2) is 71.8 Å². The number of hydrogen-bond acceptors (Lipinski definition) is 8. The van der Waals surface area contributed by atoms with Crippen LogP contribution in [-0.2, 0) is 29.7 Å². The Morgan fingerprint density at radius 2 is 1.89 bits per heavy atom. The standard InChI is InChI=1S/C34H39N5O4.C3H5N/c1-34(2,3)25-9-10-27-23(16-25)12-14-39(33(27)42)30-7-5-6-26(28(30)21-40)24-17-29(32(41)37-20-24)38-31-11-8-22(19-36-31)18-35-13-15-43-4;1-2-3-4/h5-11,16-17,19-20,35,40H,12-15,18,21H2,1-4H3,(H,36,38)(H,37,41);2H2,1H3. The van der Waals surface area contributed by atoms with E-state index in [-0.39, 0.29) is 23.5 Å². The molecule has 1 aliphatic heterocycles. The molecule has 2 aromatic carbocycles. The zero-order chi connectivity index (χ0) is 34.0. The third-order valence-electron chi connectivity index (χ3n) is 7.92. The molecule has 4 N–H and O–H groups in total. The number of nitriles is 1. The van der Waals surface area contributed by atoms with Gasteiger partial charge in [0.1, 0.15) is 11.5 Å². The molecule has 0 atom stereocenters. The van der Waals surface area contributed by atoms with Gasteiger partial charge in [-0.3, -0.25) is 9.59 Å². The number of benzene rings is 2. The topological polar surface area (TPSA) is 143 Å². The maximum absolute atomic E-state index is 13.7. The van der Waals surface area contributed by atoms with Crippen LogP contribution in [0.5, 0.6) is 0 Å². The van der Waals surface area contributed by atoms with E-state index >= 15 is 0 Å². The number of aliphatic hydroxyl groups is 1. The van der Waals surface area contributed by atoms with Gasteiger partial charge in [-0.2, -0.15) is 5.26 Å². The van der Waals surface area contributed by atoms with Crippen LogP contribution >= 0.6 is 0 Å². The van der Waals surface area contributed by atoms with Gasteiger partial charge in [-0.15, -0.1) is 0 Å². The highest BCUT2D eigenvalue weighted by Crippen LogP contribution is 2.35. The molecule has 10 heteroatoms. The van der Waals surface area contributed by atoms with E-state index in [0.717, 1.165) is 29.7 Å². The number of fused-ring (bicyclic) bond motifs is 1. The van der Waals surface area contributed by atoms with Crippen LogP contribution in [0.2, 0.25) is 0 Å². The van der Waals surface area contributed by atoms with E-state index in [0.29, 0.717) is 60.0 Å². The normalized spacial score (nSPS) is 12.5. The van der Waals surface area contributed by atoms with Gasteiger partial charge < -0.3 is 30.4 Å². The Balaban J connectivity index is 0.00000118. The number of rotatable bonds is 10. The van der Waals surface area contributed by atoms with Gasteiger partial charge in [0.2, 0.25) is 0 Å². The number of pyridine rings is 2.